The van der Waals surface area contributed by atoms with E-state index < -0.39 is 8.07 Å². The molecule has 3 rings (SSSR count). The van der Waals surface area contributed by atoms with Crippen LogP contribution < -0.4 is 5.32 Å². The van der Waals surface area contributed by atoms with Crippen LogP contribution in [0.25, 0.3) is 0 Å². The number of anilines is 2. The molecule has 0 saturated heterocycles. The first-order valence-electron chi connectivity index (χ1n) is 10.6. The van der Waals surface area contributed by atoms with Crippen molar-refractivity contribution in [2.24, 2.45) is 0 Å². The lowest BCUT2D eigenvalue weighted by molar-refractivity contribution is 0.0866. The fraction of sp³-hybridized carbons (Fsp3) is 0.667. The molecule has 0 fully saturated rings. The van der Waals surface area contributed by atoms with Gasteiger partial charge in [0, 0.05) is 44.7 Å². The van der Waals surface area contributed by atoms with Crippen molar-refractivity contribution in [2.45, 2.75) is 65.0 Å². The van der Waals surface area contributed by atoms with E-state index in [4.69, 9.17) is 9.72 Å². The Hall–Kier alpha value is -1.77. The molecule has 0 amide bonds. The van der Waals surface area contributed by atoms with Gasteiger partial charge in [0.2, 0.25) is 11.9 Å². The highest BCUT2D eigenvalue weighted by molar-refractivity contribution is 6.76. The number of nitrogens with one attached hydrogen (secondary N) is 1. The van der Waals surface area contributed by atoms with Crippen molar-refractivity contribution in [2.75, 3.05) is 32.6 Å². The smallest absolute Gasteiger partial charge is 0.230 e. The lowest BCUT2D eigenvalue weighted by Crippen LogP contribution is -2.22. The molecule has 1 N–H and O–H groups in total. The van der Waals surface area contributed by atoms with Gasteiger partial charge in [-0.2, -0.15) is 0 Å². The van der Waals surface area contributed by atoms with E-state index in [1.54, 1.807) is 0 Å². The first kappa shape index (κ1) is 21.9. The summed E-state index contributed by atoms with van der Waals surface area (Å²) in [4.78, 5) is 16.2. The molecule has 29 heavy (non-hydrogen) atoms. The van der Waals surface area contributed by atoms with Crippen molar-refractivity contribution < 1.29 is 4.74 Å². The topological polar surface area (TPSA) is 68.1 Å². The number of ether oxygens (including phenoxy) is 1. The second-order valence-electron chi connectivity index (χ2n) is 9.44. The van der Waals surface area contributed by atoms with Crippen LogP contribution in [0.5, 0.6) is 0 Å². The molecule has 7 nitrogen and oxygen atoms in total. The van der Waals surface area contributed by atoms with Crippen LogP contribution in [0.4, 0.5) is 11.9 Å². The second-order valence-corrected chi connectivity index (χ2v) is 15.1. The third kappa shape index (κ3) is 6.10. The molecule has 1 aliphatic rings. The number of fused-ring (bicyclic) bond motifs is 1. The van der Waals surface area contributed by atoms with E-state index in [9.17, 15) is 0 Å². The predicted molar refractivity (Wildman–Crippen MR) is 121 cm³/mol. The molecule has 1 aliphatic carbocycles. The van der Waals surface area contributed by atoms with Crippen molar-refractivity contribution in [3.8, 4) is 0 Å². The maximum atomic E-state index is 6.04. The largest absolute Gasteiger partial charge is 0.361 e. The van der Waals surface area contributed by atoms with E-state index in [-0.39, 0.29) is 0 Å². The zero-order valence-corrected chi connectivity index (χ0v) is 19.9. The Labute approximate surface area is 175 Å². The number of hydrogen-bond donors (Lipinski definition) is 1. The SMILES string of the molecule is Cc1nc(Nc2ncc(CCN(C)C)n2COCC[Si](C)(C)C)nc2c1CCC2. The summed E-state index contributed by atoms with van der Waals surface area (Å²) in [5.41, 5.74) is 4.73. The second kappa shape index (κ2) is 9.36. The van der Waals surface area contributed by atoms with Crippen LogP contribution >= 0.6 is 0 Å². The maximum Gasteiger partial charge on any atom is 0.230 e. The van der Waals surface area contributed by atoms with Crippen molar-refractivity contribution in [1.29, 1.82) is 0 Å². The van der Waals surface area contributed by atoms with E-state index in [0.29, 0.717) is 12.7 Å². The fourth-order valence-electron chi connectivity index (χ4n) is 3.50. The van der Waals surface area contributed by atoms with Gasteiger partial charge in [-0.3, -0.25) is 9.88 Å². The Bertz CT molecular complexity index is 827. The minimum atomic E-state index is -1.11. The number of likely N-dealkylation sites (N-methyl/N-ethyl adjacent to an activating group) is 1. The van der Waals surface area contributed by atoms with Crippen molar-refractivity contribution in [3.63, 3.8) is 0 Å². The Kier molecular flexibility index (Phi) is 7.08. The minimum Gasteiger partial charge on any atom is -0.361 e. The van der Waals surface area contributed by atoms with Gasteiger partial charge in [-0.1, -0.05) is 19.6 Å². The van der Waals surface area contributed by atoms with Crippen molar-refractivity contribution >= 4 is 20.0 Å². The van der Waals surface area contributed by atoms with Gasteiger partial charge in [-0.25, -0.2) is 15.0 Å². The van der Waals surface area contributed by atoms with Gasteiger partial charge < -0.3 is 9.64 Å². The first-order valence-corrected chi connectivity index (χ1v) is 14.3. The molecule has 2 heterocycles. The monoisotopic (exact) mass is 416 g/mol. The number of nitrogens with zero attached hydrogens (tertiary/aromatic N) is 5. The normalized spacial score (nSPS) is 13.9. The predicted octanol–water partition coefficient (Wildman–Crippen LogP) is 3.63. The Morgan fingerprint density at radius 2 is 2.00 bits per heavy atom. The van der Waals surface area contributed by atoms with Gasteiger partial charge in [-0.15, -0.1) is 0 Å². The standard InChI is InChI=1S/C21H36N6OSi/c1-16-18-8-7-9-19(18)24-20(23-16)25-21-22-14-17(10-11-26(2)3)27(21)15-28-12-13-29(4,5)6/h14H,7-13,15H2,1-6H3,(H,22,23,24,25). The highest BCUT2D eigenvalue weighted by Gasteiger charge is 2.19. The number of aromatic nitrogens is 4. The van der Waals surface area contributed by atoms with Crippen LogP contribution in [-0.2, 0) is 30.7 Å². The van der Waals surface area contributed by atoms with Crippen LogP contribution in [-0.4, -0.2) is 59.7 Å². The summed E-state index contributed by atoms with van der Waals surface area (Å²) in [6, 6.07) is 1.16. The molecule has 8 heteroatoms. The van der Waals surface area contributed by atoms with E-state index in [0.717, 1.165) is 55.8 Å². The summed E-state index contributed by atoms with van der Waals surface area (Å²) in [6.07, 6.45) is 6.16. The first-order chi connectivity index (χ1) is 13.7. The molecule has 0 atom stereocenters. The van der Waals surface area contributed by atoms with Gasteiger partial charge in [0.1, 0.15) is 6.73 Å². The summed E-state index contributed by atoms with van der Waals surface area (Å²) < 4.78 is 8.17. The fourth-order valence-corrected chi connectivity index (χ4v) is 4.26. The van der Waals surface area contributed by atoms with Gasteiger partial charge in [0.05, 0.1) is 6.20 Å². The molecular weight excluding hydrogens is 380 g/mol. The number of aryl methyl sites for hydroxylation is 2. The Morgan fingerprint density at radius 1 is 1.21 bits per heavy atom. The van der Waals surface area contributed by atoms with Crippen LogP contribution in [0.3, 0.4) is 0 Å². The molecule has 2 aromatic heterocycles. The molecule has 2 aromatic rings. The van der Waals surface area contributed by atoms with E-state index >= 15 is 0 Å². The van der Waals surface area contributed by atoms with Crippen LogP contribution in [0, 0.1) is 6.92 Å². The van der Waals surface area contributed by atoms with E-state index in [1.165, 1.54) is 17.7 Å². The molecule has 0 spiro atoms. The van der Waals surface area contributed by atoms with E-state index in [2.05, 4.69) is 65.4 Å². The van der Waals surface area contributed by atoms with Gasteiger partial charge in [0.25, 0.3) is 0 Å². The minimum absolute atomic E-state index is 0.500. The van der Waals surface area contributed by atoms with Crippen molar-refractivity contribution in [1.82, 2.24) is 24.4 Å². The van der Waals surface area contributed by atoms with E-state index in [1.807, 2.05) is 6.20 Å². The lowest BCUT2D eigenvalue weighted by Gasteiger charge is -2.18. The van der Waals surface area contributed by atoms with Crippen molar-refractivity contribution in [3.05, 3.63) is 28.8 Å². The summed E-state index contributed by atoms with van der Waals surface area (Å²) in [5, 5.41) is 3.35. The third-order valence-electron chi connectivity index (χ3n) is 5.33. The van der Waals surface area contributed by atoms with Gasteiger partial charge in [-0.05, 0) is 51.9 Å². The Balaban J connectivity index is 1.75. The highest BCUT2D eigenvalue weighted by atomic mass is 28.3. The molecular formula is C21H36N6OSi. The average molecular weight is 417 g/mol. The Morgan fingerprint density at radius 3 is 2.72 bits per heavy atom. The molecule has 160 valence electrons. The molecule has 0 aromatic carbocycles. The number of imidazole rings is 1. The summed E-state index contributed by atoms with van der Waals surface area (Å²) >= 11 is 0. The number of rotatable bonds is 10. The van der Waals surface area contributed by atoms with Crippen LogP contribution in [0.1, 0.15) is 29.1 Å². The summed E-state index contributed by atoms with van der Waals surface area (Å²) in [7, 11) is 3.07. The number of hydrogen-bond acceptors (Lipinski definition) is 6. The average Bonchev–Trinajstić information content (AvgIpc) is 3.23. The zero-order valence-electron chi connectivity index (χ0n) is 18.9. The molecule has 0 aliphatic heterocycles. The summed E-state index contributed by atoms with van der Waals surface area (Å²) in [5.74, 6) is 1.39. The van der Waals surface area contributed by atoms with Crippen LogP contribution in [0.15, 0.2) is 6.20 Å². The zero-order chi connectivity index (χ0) is 21.0. The quantitative estimate of drug-likeness (QED) is 0.471. The maximum absolute atomic E-state index is 6.04. The summed E-state index contributed by atoms with van der Waals surface area (Å²) in [6.45, 7) is 11.4. The molecule has 0 radical (unpaired) electrons. The molecule has 0 bridgehead atoms. The highest BCUT2D eigenvalue weighted by Crippen LogP contribution is 2.25. The third-order valence-corrected chi connectivity index (χ3v) is 7.04. The molecule has 0 saturated carbocycles. The lowest BCUT2D eigenvalue weighted by atomic mass is 10.2. The van der Waals surface area contributed by atoms with Gasteiger partial charge >= 0.3 is 0 Å². The van der Waals surface area contributed by atoms with Crippen LogP contribution in [0.2, 0.25) is 25.7 Å². The van der Waals surface area contributed by atoms with Gasteiger partial charge in [0.15, 0.2) is 0 Å². The molecule has 0 unspecified atom stereocenters.